The zero-order valence-electron chi connectivity index (χ0n) is 13.8. The van der Waals surface area contributed by atoms with Gasteiger partial charge in [0.05, 0.1) is 18.0 Å². The molecule has 0 amide bonds. The van der Waals surface area contributed by atoms with Gasteiger partial charge in [-0.15, -0.1) is 10.2 Å². The fourth-order valence-corrected chi connectivity index (χ4v) is 4.23. The minimum atomic E-state index is 0.0343. The number of anilines is 2. The van der Waals surface area contributed by atoms with Gasteiger partial charge in [-0.25, -0.2) is 0 Å². The van der Waals surface area contributed by atoms with Crippen LogP contribution in [0.25, 0.3) is 0 Å². The Labute approximate surface area is 153 Å². The van der Waals surface area contributed by atoms with Crippen molar-refractivity contribution in [2.24, 2.45) is 0 Å². The second-order valence-corrected chi connectivity index (χ2v) is 8.29. The third kappa shape index (κ3) is 3.77. The maximum absolute atomic E-state index is 5.38. The summed E-state index contributed by atoms with van der Waals surface area (Å²) in [5.74, 6) is 2.73. The van der Waals surface area contributed by atoms with Gasteiger partial charge in [-0.1, -0.05) is 40.4 Å². The van der Waals surface area contributed by atoms with Gasteiger partial charge in [-0.2, -0.15) is 4.98 Å². The summed E-state index contributed by atoms with van der Waals surface area (Å²) in [4.78, 5) is 4.49. The lowest BCUT2D eigenvalue weighted by Crippen LogP contribution is -1.93. The number of hydrogen-bond acceptors (Lipinski definition) is 9. The molecule has 1 unspecified atom stereocenters. The Balaban J connectivity index is 1.41. The van der Waals surface area contributed by atoms with Crippen molar-refractivity contribution in [2.75, 3.05) is 12.4 Å². The molecule has 7 nitrogen and oxygen atoms in total. The van der Waals surface area contributed by atoms with Gasteiger partial charge in [0, 0.05) is 5.92 Å². The quantitative estimate of drug-likeness (QED) is 0.608. The molecule has 1 aliphatic carbocycles. The highest BCUT2D eigenvalue weighted by Crippen LogP contribution is 2.41. The summed E-state index contributed by atoms with van der Waals surface area (Å²) >= 11 is 3.04. The number of ether oxygens (including phenoxy) is 1. The van der Waals surface area contributed by atoms with E-state index in [0.29, 0.717) is 16.9 Å². The number of aromatic nitrogens is 4. The molecule has 0 spiro atoms. The molecule has 9 heteroatoms. The fraction of sp³-hybridized carbons (Fsp3) is 0.375. The summed E-state index contributed by atoms with van der Waals surface area (Å²) in [5, 5.41) is 16.5. The van der Waals surface area contributed by atoms with Crippen molar-refractivity contribution in [3.8, 4) is 5.75 Å². The molecule has 1 saturated carbocycles. The largest absolute Gasteiger partial charge is 0.495 e. The van der Waals surface area contributed by atoms with E-state index in [9.17, 15) is 0 Å². The molecule has 1 fully saturated rings. The Kier molecular flexibility index (Phi) is 4.58. The van der Waals surface area contributed by atoms with Gasteiger partial charge in [0.2, 0.25) is 11.0 Å². The molecule has 2 heterocycles. The number of nitrogens with one attached hydrogen (secondary N) is 1. The summed E-state index contributed by atoms with van der Waals surface area (Å²) in [6.45, 7) is 2.03. The van der Waals surface area contributed by atoms with Gasteiger partial charge >= 0.3 is 0 Å². The smallest absolute Gasteiger partial charge is 0.239 e. The molecule has 25 heavy (non-hydrogen) atoms. The van der Waals surface area contributed by atoms with Crippen LogP contribution in [0.5, 0.6) is 5.75 Å². The van der Waals surface area contributed by atoms with Crippen molar-refractivity contribution in [1.29, 1.82) is 0 Å². The van der Waals surface area contributed by atoms with Crippen molar-refractivity contribution >= 4 is 33.9 Å². The summed E-state index contributed by atoms with van der Waals surface area (Å²) in [5.41, 5.74) is 0.858. The Morgan fingerprint density at radius 3 is 2.96 bits per heavy atom. The number of methoxy groups -OCH3 is 1. The lowest BCUT2D eigenvalue weighted by Gasteiger charge is -2.07. The normalized spacial score (nSPS) is 15.1. The third-order valence-corrected chi connectivity index (χ3v) is 5.79. The standard InChI is InChI=1S/C16H17N5O2S2/c1-9(14-18-13(21-23-14)10-7-8-10)24-16-20-19-15(25-16)17-11-5-3-4-6-12(11)22-2/h3-6,9-10H,7-8H2,1-2H3,(H,17,19). The number of rotatable bonds is 7. The van der Waals surface area contributed by atoms with Crippen LogP contribution in [0.3, 0.4) is 0 Å². The Morgan fingerprint density at radius 2 is 2.16 bits per heavy atom. The van der Waals surface area contributed by atoms with Gasteiger partial charge in [0.15, 0.2) is 10.2 Å². The summed E-state index contributed by atoms with van der Waals surface area (Å²) in [6.07, 6.45) is 2.32. The molecule has 3 aromatic rings. The molecule has 1 atom stereocenters. The highest BCUT2D eigenvalue weighted by atomic mass is 32.2. The van der Waals surface area contributed by atoms with Gasteiger partial charge in [0.1, 0.15) is 5.75 Å². The minimum absolute atomic E-state index is 0.0343. The van der Waals surface area contributed by atoms with Crippen LogP contribution in [0.4, 0.5) is 10.8 Å². The van der Waals surface area contributed by atoms with E-state index in [2.05, 4.69) is 25.7 Å². The highest BCUT2D eigenvalue weighted by Gasteiger charge is 2.30. The van der Waals surface area contributed by atoms with Crippen LogP contribution in [0, 0.1) is 0 Å². The average molecular weight is 375 g/mol. The molecule has 4 rings (SSSR count). The van der Waals surface area contributed by atoms with E-state index < -0.39 is 0 Å². The SMILES string of the molecule is COc1ccccc1Nc1nnc(SC(C)c2nc(C3CC3)no2)s1. The second kappa shape index (κ2) is 7.01. The minimum Gasteiger partial charge on any atom is -0.495 e. The monoisotopic (exact) mass is 375 g/mol. The molecule has 1 N–H and O–H groups in total. The Hall–Kier alpha value is -2.13. The number of para-hydroxylation sites is 2. The number of benzene rings is 1. The van der Waals surface area contributed by atoms with Crippen LogP contribution in [0.2, 0.25) is 0 Å². The predicted octanol–water partition coefficient (Wildman–Crippen LogP) is 4.40. The van der Waals surface area contributed by atoms with E-state index in [0.717, 1.165) is 34.4 Å². The van der Waals surface area contributed by atoms with Crippen LogP contribution < -0.4 is 10.1 Å². The van der Waals surface area contributed by atoms with Crippen LogP contribution >= 0.6 is 23.1 Å². The maximum Gasteiger partial charge on any atom is 0.239 e. The number of nitrogens with zero attached hydrogens (tertiary/aromatic N) is 4. The topological polar surface area (TPSA) is 86.0 Å². The molecule has 0 aliphatic heterocycles. The van der Waals surface area contributed by atoms with Crippen molar-refractivity contribution in [3.05, 3.63) is 36.0 Å². The van der Waals surface area contributed by atoms with E-state index in [1.165, 1.54) is 11.3 Å². The molecular formula is C16H17N5O2S2. The zero-order valence-corrected chi connectivity index (χ0v) is 15.4. The van der Waals surface area contributed by atoms with Gasteiger partial charge in [-0.05, 0) is 31.9 Å². The zero-order chi connectivity index (χ0) is 17.2. The Morgan fingerprint density at radius 1 is 1.32 bits per heavy atom. The molecule has 0 radical (unpaired) electrons. The molecule has 1 aliphatic rings. The Bertz CT molecular complexity index is 862. The van der Waals surface area contributed by atoms with E-state index in [1.807, 2.05) is 31.2 Å². The molecule has 1 aromatic carbocycles. The first-order valence-corrected chi connectivity index (χ1v) is 9.66. The molecule has 0 bridgehead atoms. The summed E-state index contributed by atoms with van der Waals surface area (Å²) in [7, 11) is 1.64. The number of thioether (sulfide) groups is 1. The van der Waals surface area contributed by atoms with E-state index >= 15 is 0 Å². The van der Waals surface area contributed by atoms with Gasteiger partial charge in [-0.3, -0.25) is 0 Å². The van der Waals surface area contributed by atoms with Crippen LogP contribution in [0.1, 0.15) is 42.6 Å². The van der Waals surface area contributed by atoms with E-state index in [-0.39, 0.29) is 5.25 Å². The van der Waals surface area contributed by atoms with Crippen molar-refractivity contribution < 1.29 is 9.26 Å². The molecular weight excluding hydrogens is 358 g/mol. The summed E-state index contributed by atoms with van der Waals surface area (Å²) < 4.78 is 11.6. The predicted molar refractivity (Wildman–Crippen MR) is 96.7 cm³/mol. The first kappa shape index (κ1) is 16.3. The maximum atomic E-state index is 5.38. The molecule has 130 valence electrons. The van der Waals surface area contributed by atoms with Crippen molar-refractivity contribution in [1.82, 2.24) is 20.3 Å². The summed E-state index contributed by atoms with van der Waals surface area (Å²) in [6, 6.07) is 7.70. The van der Waals surface area contributed by atoms with Crippen LogP contribution in [-0.4, -0.2) is 27.4 Å². The van der Waals surface area contributed by atoms with Gasteiger partial charge < -0.3 is 14.6 Å². The number of hydrogen-bond donors (Lipinski definition) is 1. The van der Waals surface area contributed by atoms with E-state index in [1.54, 1.807) is 18.9 Å². The highest BCUT2D eigenvalue weighted by molar-refractivity contribution is 8.01. The van der Waals surface area contributed by atoms with E-state index in [4.69, 9.17) is 9.26 Å². The average Bonchev–Trinajstić information content (AvgIpc) is 3.19. The molecule has 2 aromatic heterocycles. The fourth-order valence-electron chi connectivity index (χ4n) is 2.29. The first-order chi connectivity index (χ1) is 12.2. The second-order valence-electron chi connectivity index (χ2n) is 5.72. The molecule has 0 saturated heterocycles. The van der Waals surface area contributed by atoms with Gasteiger partial charge in [0.25, 0.3) is 0 Å². The lowest BCUT2D eigenvalue weighted by atomic mass is 10.3. The first-order valence-electron chi connectivity index (χ1n) is 7.96. The third-order valence-electron chi connectivity index (χ3n) is 3.78. The van der Waals surface area contributed by atoms with Crippen LogP contribution in [0.15, 0.2) is 33.1 Å². The van der Waals surface area contributed by atoms with Crippen LogP contribution in [-0.2, 0) is 0 Å². The van der Waals surface area contributed by atoms with Crippen molar-refractivity contribution in [3.63, 3.8) is 0 Å². The lowest BCUT2D eigenvalue weighted by molar-refractivity contribution is 0.375. The van der Waals surface area contributed by atoms with Crippen molar-refractivity contribution in [2.45, 2.75) is 35.3 Å².